The maximum Gasteiger partial charge on any atom is 0.329 e. The molecule has 0 aromatic carbocycles. The summed E-state index contributed by atoms with van der Waals surface area (Å²) in [6.07, 6.45) is 0. The highest BCUT2D eigenvalue weighted by atomic mass is 79.9. The molecule has 1 fully saturated rings. The molecule has 1 aliphatic rings. The molecule has 0 unspecified atom stereocenters. The first-order valence-corrected chi connectivity index (χ1v) is 9.60. The van der Waals surface area contributed by atoms with Gasteiger partial charge in [-0.3, -0.25) is 4.79 Å². The summed E-state index contributed by atoms with van der Waals surface area (Å²) < 4.78 is 6.79. The fourth-order valence-electron chi connectivity index (χ4n) is 1.87. The summed E-state index contributed by atoms with van der Waals surface area (Å²) in [6, 6.07) is 1.29. The van der Waals surface area contributed by atoms with Gasteiger partial charge < -0.3 is 9.64 Å². The van der Waals surface area contributed by atoms with Crippen LogP contribution in [0.3, 0.4) is 0 Å². The molecule has 2 heterocycles. The molecule has 1 aromatic heterocycles. The van der Waals surface area contributed by atoms with Crippen molar-refractivity contribution in [3.63, 3.8) is 0 Å². The largest absolute Gasteiger partial charge is 0.464 e. The molecular formula is C12H13Br2NO3S2. The zero-order chi connectivity index (χ0) is 14.7. The second-order valence-electron chi connectivity index (χ2n) is 4.07. The first-order chi connectivity index (χ1) is 9.54. The van der Waals surface area contributed by atoms with Crippen molar-refractivity contribution >= 4 is 66.8 Å². The highest BCUT2D eigenvalue weighted by molar-refractivity contribution is 9.13. The summed E-state index contributed by atoms with van der Waals surface area (Å²) in [7, 11) is 0. The summed E-state index contributed by atoms with van der Waals surface area (Å²) in [4.78, 5) is 26.8. The third-order valence-corrected chi connectivity index (χ3v) is 7.07. The van der Waals surface area contributed by atoms with Gasteiger partial charge >= 0.3 is 5.97 Å². The minimum Gasteiger partial charge on any atom is -0.464 e. The van der Waals surface area contributed by atoms with E-state index in [2.05, 4.69) is 31.9 Å². The molecule has 1 amide bonds. The standard InChI is InChI=1S/C12H13Br2NO3S2/c1-2-18-12(17)8-6-19-4-3-15(8)11(16)9-5-7(13)10(14)20-9/h5,8H,2-4,6H2,1H3/t8-/m0/s1. The van der Waals surface area contributed by atoms with Gasteiger partial charge in [-0.25, -0.2) is 4.79 Å². The molecule has 4 nitrogen and oxygen atoms in total. The lowest BCUT2D eigenvalue weighted by Crippen LogP contribution is -2.50. The van der Waals surface area contributed by atoms with Crippen LogP contribution in [0.2, 0.25) is 0 Å². The van der Waals surface area contributed by atoms with Gasteiger partial charge in [0.1, 0.15) is 6.04 Å². The number of hydrogen-bond donors (Lipinski definition) is 0. The highest BCUT2D eigenvalue weighted by Gasteiger charge is 2.34. The fourth-order valence-corrected chi connectivity index (χ4v) is 4.90. The maximum atomic E-state index is 12.6. The van der Waals surface area contributed by atoms with Crippen molar-refractivity contribution in [3.05, 3.63) is 19.2 Å². The zero-order valence-corrected chi connectivity index (χ0v) is 15.5. The first-order valence-electron chi connectivity index (χ1n) is 6.04. The molecule has 0 aliphatic carbocycles. The summed E-state index contributed by atoms with van der Waals surface area (Å²) in [5, 5.41) is 0. The Morgan fingerprint density at radius 1 is 1.50 bits per heavy atom. The van der Waals surface area contributed by atoms with E-state index in [0.29, 0.717) is 23.8 Å². The van der Waals surface area contributed by atoms with Crippen molar-refractivity contribution in [2.24, 2.45) is 0 Å². The molecule has 0 saturated carbocycles. The van der Waals surface area contributed by atoms with Crippen molar-refractivity contribution in [1.82, 2.24) is 4.90 Å². The van der Waals surface area contributed by atoms with Crippen LogP contribution in [0.15, 0.2) is 14.3 Å². The van der Waals surface area contributed by atoms with Gasteiger partial charge in [0.2, 0.25) is 0 Å². The molecule has 1 saturated heterocycles. The molecule has 8 heteroatoms. The number of hydrogen-bond acceptors (Lipinski definition) is 5. The second kappa shape index (κ2) is 7.29. The van der Waals surface area contributed by atoms with Crippen molar-refractivity contribution in [1.29, 1.82) is 0 Å². The van der Waals surface area contributed by atoms with Crippen LogP contribution in [0.25, 0.3) is 0 Å². The summed E-state index contributed by atoms with van der Waals surface area (Å²) in [6.45, 7) is 2.67. The van der Waals surface area contributed by atoms with E-state index in [1.165, 1.54) is 11.3 Å². The topological polar surface area (TPSA) is 46.6 Å². The molecule has 1 atom stereocenters. The van der Waals surface area contributed by atoms with E-state index in [0.717, 1.165) is 14.0 Å². The molecule has 1 aromatic rings. The quantitative estimate of drug-likeness (QED) is 0.673. The number of rotatable bonds is 3. The smallest absolute Gasteiger partial charge is 0.329 e. The molecule has 0 bridgehead atoms. The number of amides is 1. The van der Waals surface area contributed by atoms with E-state index in [-0.39, 0.29) is 11.9 Å². The first kappa shape index (κ1) is 16.3. The van der Waals surface area contributed by atoms with E-state index in [1.807, 2.05) is 0 Å². The number of carbonyl (C=O) groups excluding carboxylic acids is 2. The Bertz CT molecular complexity index is 501. The van der Waals surface area contributed by atoms with E-state index >= 15 is 0 Å². The van der Waals surface area contributed by atoms with Gasteiger partial charge in [0, 0.05) is 22.5 Å². The number of carbonyl (C=O) groups is 2. The van der Waals surface area contributed by atoms with Crippen molar-refractivity contribution in [3.8, 4) is 0 Å². The molecule has 0 N–H and O–H groups in total. The van der Waals surface area contributed by atoms with Crippen LogP contribution in [0.1, 0.15) is 16.6 Å². The third kappa shape index (κ3) is 3.58. The maximum absolute atomic E-state index is 12.6. The minimum atomic E-state index is -0.485. The van der Waals surface area contributed by atoms with Gasteiger partial charge in [-0.15, -0.1) is 11.3 Å². The van der Waals surface area contributed by atoms with Gasteiger partial charge in [0.05, 0.1) is 15.3 Å². The van der Waals surface area contributed by atoms with Crippen LogP contribution in [-0.4, -0.2) is 47.5 Å². The lowest BCUT2D eigenvalue weighted by atomic mass is 10.2. The predicted molar refractivity (Wildman–Crippen MR) is 88.5 cm³/mol. The monoisotopic (exact) mass is 441 g/mol. The van der Waals surface area contributed by atoms with Gasteiger partial charge in [-0.2, -0.15) is 11.8 Å². The number of thiophene rings is 1. The summed E-state index contributed by atoms with van der Waals surface area (Å²) in [5.74, 6) is 1.01. The normalized spacial score (nSPS) is 18.9. The molecule has 20 heavy (non-hydrogen) atoms. The Labute approximate surface area is 142 Å². The zero-order valence-electron chi connectivity index (χ0n) is 10.7. The van der Waals surface area contributed by atoms with Gasteiger partial charge in [-0.1, -0.05) is 0 Å². The van der Waals surface area contributed by atoms with E-state index in [9.17, 15) is 9.59 Å². The van der Waals surface area contributed by atoms with E-state index in [4.69, 9.17) is 4.74 Å². The number of thioether (sulfide) groups is 1. The lowest BCUT2D eigenvalue weighted by molar-refractivity contribution is -0.147. The Kier molecular flexibility index (Phi) is 5.95. The Morgan fingerprint density at radius 3 is 2.85 bits per heavy atom. The van der Waals surface area contributed by atoms with Crippen LogP contribution in [0.4, 0.5) is 0 Å². The average Bonchev–Trinajstić information content (AvgIpc) is 2.78. The van der Waals surface area contributed by atoms with Crippen LogP contribution < -0.4 is 0 Å². The molecule has 2 rings (SSSR count). The Balaban J connectivity index is 2.19. The van der Waals surface area contributed by atoms with Crippen molar-refractivity contribution in [2.45, 2.75) is 13.0 Å². The molecule has 110 valence electrons. The van der Waals surface area contributed by atoms with Crippen LogP contribution in [0, 0.1) is 0 Å². The number of halogens is 2. The van der Waals surface area contributed by atoms with Gasteiger partial charge in [0.25, 0.3) is 5.91 Å². The Hall–Kier alpha value is -0.0500. The molecular weight excluding hydrogens is 430 g/mol. The highest BCUT2D eigenvalue weighted by Crippen LogP contribution is 2.33. The lowest BCUT2D eigenvalue weighted by Gasteiger charge is -2.33. The minimum absolute atomic E-state index is 0.111. The van der Waals surface area contributed by atoms with E-state index < -0.39 is 6.04 Å². The molecule has 0 spiro atoms. The van der Waals surface area contributed by atoms with Crippen LogP contribution in [-0.2, 0) is 9.53 Å². The fraction of sp³-hybridized carbons (Fsp3) is 0.500. The average molecular weight is 443 g/mol. The summed E-state index contributed by atoms with van der Waals surface area (Å²) >= 11 is 9.79. The molecule has 1 aliphatic heterocycles. The summed E-state index contributed by atoms with van der Waals surface area (Å²) in [5.41, 5.74) is 0. The number of nitrogens with zero attached hydrogens (tertiary/aromatic N) is 1. The molecule has 0 radical (unpaired) electrons. The Morgan fingerprint density at radius 2 is 2.25 bits per heavy atom. The van der Waals surface area contributed by atoms with E-state index in [1.54, 1.807) is 29.7 Å². The van der Waals surface area contributed by atoms with Crippen LogP contribution in [0.5, 0.6) is 0 Å². The third-order valence-electron chi connectivity index (χ3n) is 2.80. The van der Waals surface area contributed by atoms with Crippen molar-refractivity contribution in [2.75, 3.05) is 24.7 Å². The number of ether oxygens (including phenoxy) is 1. The van der Waals surface area contributed by atoms with Gasteiger partial charge in [-0.05, 0) is 44.8 Å². The number of esters is 1. The predicted octanol–water partition coefficient (Wildman–Crippen LogP) is 3.39. The van der Waals surface area contributed by atoms with Gasteiger partial charge in [0.15, 0.2) is 0 Å². The second-order valence-corrected chi connectivity index (χ2v) is 8.45. The SMILES string of the molecule is CCOC(=O)[C@@H]1CSCCN1C(=O)c1cc(Br)c(Br)s1. The van der Waals surface area contributed by atoms with Crippen molar-refractivity contribution < 1.29 is 14.3 Å². The van der Waals surface area contributed by atoms with Crippen LogP contribution >= 0.6 is 55.0 Å².